The van der Waals surface area contributed by atoms with Crippen molar-refractivity contribution in [2.45, 2.75) is 25.0 Å². The maximum atomic E-state index is 11.2. The van der Waals surface area contributed by atoms with Gasteiger partial charge in [-0.3, -0.25) is 4.79 Å². The summed E-state index contributed by atoms with van der Waals surface area (Å²) >= 11 is 1.37. The van der Waals surface area contributed by atoms with E-state index in [-0.39, 0.29) is 11.6 Å². The van der Waals surface area contributed by atoms with Gasteiger partial charge in [0.25, 0.3) is 5.56 Å². The molecule has 0 saturated carbocycles. The lowest BCUT2D eigenvalue weighted by Crippen LogP contribution is -2.29. The lowest BCUT2D eigenvalue weighted by atomic mass is 10.4. The highest BCUT2D eigenvalue weighted by Gasteiger charge is 2.07. The molecule has 1 aromatic heterocycles. The molecule has 1 heterocycles. The number of hydrogen-bond acceptors (Lipinski definition) is 5. The molecule has 0 amide bonds. The van der Waals surface area contributed by atoms with Crippen LogP contribution in [-0.2, 0) is 0 Å². The molecule has 86 valence electrons. The predicted octanol–water partition coefficient (Wildman–Crippen LogP) is 0.672. The van der Waals surface area contributed by atoms with Crippen LogP contribution in [0.2, 0.25) is 0 Å². The lowest BCUT2D eigenvalue weighted by molar-refractivity contribution is 0.676. The number of hydrogen-bond donors (Lipinski definition) is 2. The van der Waals surface area contributed by atoms with Crippen LogP contribution in [0.3, 0.4) is 0 Å². The van der Waals surface area contributed by atoms with Crippen molar-refractivity contribution in [1.29, 1.82) is 5.26 Å². The molecule has 0 aliphatic rings. The normalized spacial score (nSPS) is 12.1. The first-order chi connectivity index (χ1) is 7.65. The molecule has 0 saturated heterocycles. The molecule has 0 aliphatic heterocycles. The lowest BCUT2D eigenvalue weighted by Gasteiger charge is -2.08. The second kappa shape index (κ2) is 6.30. The van der Waals surface area contributed by atoms with Crippen LogP contribution >= 0.6 is 11.8 Å². The molecule has 1 unspecified atom stereocenters. The molecule has 1 atom stereocenters. The maximum absolute atomic E-state index is 11.2. The highest BCUT2D eigenvalue weighted by atomic mass is 32.2. The fraction of sp³-hybridized carbons (Fsp3) is 0.500. The first kappa shape index (κ1) is 12.7. The second-order valence-electron chi connectivity index (χ2n) is 3.24. The molecular weight excluding hydrogens is 224 g/mol. The Morgan fingerprint density at radius 3 is 3.06 bits per heavy atom. The monoisotopic (exact) mass is 238 g/mol. The molecule has 0 aromatic carbocycles. The zero-order chi connectivity index (χ0) is 12.0. The van der Waals surface area contributed by atoms with Gasteiger partial charge in [0.05, 0.1) is 6.07 Å². The summed E-state index contributed by atoms with van der Waals surface area (Å²) in [5, 5.41) is 12.4. The molecule has 0 aliphatic carbocycles. The average molecular weight is 238 g/mol. The van der Waals surface area contributed by atoms with Gasteiger partial charge in [-0.25, -0.2) is 4.98 Å². The van der Waals surface area contributed by atoms with Crippen LogP contribution < -0.4 is 10.9 Å². The van der Waals surface area contributed by atoms with Crippen molar-refractivity contribution in [2.24, 2.45) is 0 Å². The molecule has 16 heavy (non-hydrogen) atoms. The van der Waals surface area contributed by atoms with Crippen LogP contribution in [0.15, 0.2) is 16.0 Å². The van der Waals surface area contributed by atoms with E-state index in [2.05, 4.69) is 21.4 Å². The van der Waals surface area contributed by atoms with Gasteiger partial charge in [0.1, 0.15) is 6.04 Å². The number of nitriles is 1. The Morgan fingerprint density at radius 2 is 2.50 bits per heavy atom. The molecule has 0 radical (unpaired) electrons. The summed E-state index contributed by atoms with van der Waals surface area (Å²) in [5.41, 5.74) is 0.523. The first-order valence-corrected chi connectivity index (χ1v) is 5.98. The molecule has 0 bridgehead atoms. The van der Waals surface area contributed by atoms with Gasteiger partial charge in [0.15, 0.2) is 5.16 Å². The Balaban J connectivity index is 2.60. The summed E-state index contributed by atoms with van der Waals surface area (Å²) in [6.45, 7) is 4.46. The van der Waals surface area contributed by atoms with Crippen molar-refractivity contribution in [3.8, 4) is 6.07 Å². The van der Waals surface area contributed by atoms with Crippen LogP contribution in [0.1, 0.15) is 12.6 Å². The fourth-order valence-corrected chi connectivity index (χ4v) is 2.07. The van der Waals surface area contributed by atoms with Crippen LogP contribution in [-0.4, -0.2) is 28.3 Å². The predicted molar refractivity (Wildman–Crippen MR) is 63.4 cm³/mol. The minimum atomic E-state index is -0.221. The van der Waals surface area contributed by atoms with Crippen molar-refractivity contribution < 1.29 is 0 Å². The third-order valence-corrected chi connectivity index (χ3v) is 2.81. The first-order valence-electron chi connectivity index (χ1n) is 4.99. The molecular formula is C10H14N4OS. The summed E-state index contributed by atoms with van der Waals surface area (Å²) in [6, 6.07) is 3.37. The van der Waals surface area contributed by atoms with Gasteiger partial charge in [0.2, 0.25) is 0 Å². The summed E-state index contributed by atoms with van der Waals surface area (Å²) in [6.07, 6.45) is 0. The zero-order valence-corrected chi connectivity index (χ0v) is 10.1. The van der Waals surface area contributed by atoms with Crippen molar-refractivity contribution in [1.82, 2.24) is 15.3 Å². The van der Waals surface area contributed by atoms with Gasteiger partial charge < -0.3 is 10.3 Å². The van der Waals surface area contributed by atoms with E-state index in [0.29, 0.717) is 16.6 Å². The average Bonchev–Trinajstić information content (AvgIpc) is 2.23. The molecule has 2 N–H and O–H groups in total. The SMILES string of the molecule is CCNC(C#N)CSc1nc(C)cc(=O)[nH]1. The largest absolute Gasteiger partial charge is 0.302 e. The number of nitrogens with one attached hydrogen (secondary N) is 2. The van der Waals surface area contributed by atoms with E-state index in [1.165, 1.54) is 17.8 Å². The Labute approximate surface area is 98.3 Å². The Morgan fingerprint density at radius 1 is 1.75 bits per heavy atom. The topological polar surface area (TPSA) is 81.6 Å². The van der Waals surface area contributed by atoms with E-state index >= 15 is 0 Å². The number of rotatable bonds is 5. The van der Waals surface area contributed by atoms with Crippen molar-refractivity contribution in [3.05, 3.63) is 22.1 Å². The Hall–Kier alpha value is -1.32. The summed E-state index contributed by atoms with van der Waals surface area (Å²) in [4.78, 5) is 18.0. The van der Waals surface area contributed by atoms with E-state index < -0.39 is 0 Å². The Kier molecular flexibility index (Phi) is 5.02. The molecule has 0 spiro atoms. The highest BCUT2D eigenvalue weighted by Crippen LogP contribution is 2.12. The van der Waals surface area contributed by atoms with E-state index in [1.807, 2.05) is 6.92 Å². The van der Waals surface area contributed by atoms with Crippen molar-refractivity contribution in [2.75, 3.05) is 12.3 Å². The minimum Gasteiger partial charge on any atom is -0.302 e. The van der Waals surface area contributed by atoms with E-state index in [9.17, 15) is 4.79 Å². The maximum Gasteiger partial charge on any atom is 0.251 e. The molecule has 1 aromatic rings. The molecule has 6 heteroatoms. The molecule has 5 nitrogen and oxygen atoms in total. The minimum absolute atomic E-state index is 0.160. The number of thioether (sulfide) groups is 1. The Bertz CT molecular complexity index is 437. The van der Waals surface area contributed by atoms with Crippen LogP contribution in [0, 0.1) is 18.3 Å². The van der Waals surface area contributed by atoms with Crippen LogP contribution in [0.25, 0.3) is 0 Å². The quantitative estimate of drug-likeness (QED) is 0.582. The molecule has 0 fully saturated rings. The number of nitrogens with zero attached hydrogens (tertiary/aromatic N) is 2. The van der Waals surface area contributed by atoms with E-state index in [4.69, 9.17) is 5.26 Å². The van der Waals surface area contributed by atoms with Crippen LogP contribution in [0.5, 0.6) is 0 Å². The van der Waals surface area contributed by atoms with Gasteiger partial charge in [-0.15, -0.1) is 0 Å². The highest BCUT2D eigenvalue weighted by molar-refractivity contribution is 7.99. The summed E-state index contributed by atoms with van der Waals surface area (Å²) < 4.78 is 0. The van der Waals surface area contributed by atoms with Gasteiger partial charge in [-0.2, -0.15) is 5.26 Å². The standard InChI is InChI=1S/C10H14N4OS/c1-3-12-8(5-11)6-16-10-13-7(2)4-9(15)14-10/h4,8,12H,3,6H2,1-2H3,(H,13,14,15). The molecule has 1 rings (SSSR count). The summed E-state index contributed by atoms with van der Waals surface area (Å²) in [5.74, 6) is 0.566. The van der Waals surface area contributed by atoms with Gasteiger partial charge in [-0.05, 0) is 13.5 Å². The van der Waals surface area contributed by atoms with E-state index in [1.54, 1.807) is 6.92 Å². The third-order valence-electron chi connectivity index (χ3n) is 1.84. The van der Waals surface area contributed by atoms with E-state index in [0.717, 1.165) is 6.54 Å². The van der Waals surface area contributed by atoms with Gasteiger partial charge >= 0.3 is 0 Å². The number of H-pyrrole nitrogens is 1. The zero-order valence-electron chi connectivity index (χ0n) is 9.28. The van der Waals surface area contributed by atoms with Crippen molar-refractivity contribution in [3.63, 3.8) is 0 Å². The smallest absolute Gasteiger partial charge is 0.251 e. The van der Waals surface area contributed by atoms with Gasteiger partial charge in [-0.1, -0.05) is 18.7 Å². The third kappa shape index (κ3) is 4.04. The number of aryl methyl sites for hydroxylation is 1. The number of aromatic amines is 1. The summed E-state index contributed by atoms with van der Waals surface area (Å²) in [7, 11) is 0. The fourth-order valence-electron chi connectivity index (χ4n) is 1.17. The number of aromatic nitrogens is 2. The van der Waals surface area contributed by atoms with Crippen molar-refractivity contribution >= 4 is 11.8 Å². The van der Waals surface area contributed by atoms with Crippen LogP contribution in [0.4, 0.5) is 0 Å². The van der Waals surface area contributed by atoms with Gasteiger partial charge in [0, 0.05) is 17.5 Å². The second-order valence-corrected chi connectivity index (χ2v) is 4.25.